The number of hydrogen-bond donors (Lipinski definition) is 1. The van der Waals surface area contributed by atoms with Crippen LogP contribution in [0, 0.1) is 17.1 Å². The summed E-state index contributed by atoms with van der Waals surface area (Å²) in [4.78, 5) is 9.50. The topological polar surface area (TPSA) is 119 Å². The maximum atomic E-state index is 14.9. The maximum Gasteiger partial charge on any atom is 0.164 e. The number of nitrogens with zero attached hydrogens (tertiary/aromatic N) is 8. The Morgan fingerprint density at radius 3 is 2.68 bits per heavy atom. The molecule has 41 heavy (non-hydrogen) atoms. The van der Waals surface area contributed by atoms with Gasteiger partial charge in [0.25, 0.3) is 0 Å². The van der Waals surface area contributed by atoms with Crippen LogP contribution in [0.4, 0.5) is 4.39 Å². The number of halogens is 1. The van der Waals surface area contributed by atoms with E-state index in [1.165, 1.54) is 6.07 Å². The molecule has 1 N–H and O–H groups in total. The molecule has 1 saturated heterocycles. The molecule has 11 heteroatoms. The molecule has 7 rings (SSSR count). The molecule has 0 atom stereocenters. The Labute approximate surface area is 235 Å². The Balaban J connectivity index is 1.27. The van der Waals surface area contributed by atoms with E-state index in [1.54, 1.807) is 35.5 Å². The fourth-order valence-electron chi connectivity index (χ4n) is 4.93. The number of nitriles is 1. The Morgan fingerprint density at radius 2 is 1.95 bits per heavy atom. The van der Waals surface area contributed by atoms with Gasteiger partial charge < -0.3 is 14.6 Å². The van der Waals surface area contributed by atoms with Gasteiger partial charge in [0.15, 0.2) is 11.6 Å². The van der Waals surface area contributed by atoms with Crippen LogP contribution in [-0.2, 0) is 18.3 Å². The highest BCUT2D eigenvalue weighted by Crippen LogP contribution is 2.42. The van der Waals surface area contributed by atoms with Crippen molar-refractivity contribution in [2.24, 2.45) is 7.05 Å². The average molecular weight is 548 g/mol. The molecular weight excluding hydrogens is 521 g/mol. The lowest BCUT2D eigenvalue weighted by Gasteiger charge is -2.26. The Kier molecular flexibility index (Phi) is 6.34. The maximum absolute atomic E-state index is 14.9. The smallest absolute Gasteiger partial charge is 0.164 e. The molecule has 0 spiro atoms. The van der Waals surface area contributed by atoms with Gasteiger partial charge in [-0.05, 0) is 60.4 Å². The van der Waals surface area contributed by atoms with Gasteiger partial charge in [-0.3, -0.25) is 0 Å². The van der Waals surface area contributed by atoms with Crippen molar-refractivity contribution in [2.45, 2.75) is 31.3 Å². The van der Waals surface area contributed by atoms with Crippen molar-refractivity contribution in [2.75, 3.05) is 13.2 Å². The molecule has 5 heterocycles. The lowest BCUT2D eigenvalue weighted by atomic mass is 9.96. The Morgan fingerprint density at radius 1 is 1.07 bits per heavy atom. The lowest BCUT2D eigenvalue weighted by Crippen LogP contribution is -2.45. The van der Waals surface area contributed by atoms with Crippen molar-refractivity contribution in [3.05, 3.63) is 84.0 Å². The summed E-state index contributed by atoms with van der Waals surface area (Å²) in [5.41, 5.74) is 5.69. The second kappa shape index (κ2) is 10.3. The summed E-state index contributed by atoms with van der Waals surface area (Å²) >= 11 is 0. The molecule has 5 aromatic rings. The van der Waals surface area contributed by atoms with Gasteiger partial charge in [0.2, 0.25) is 0 Å². The molecule has 0 bridgehead atoms. The van der Waals surface area contributed by atoms with Crippen LogP contribution < -0.4 is 5.32 Å². The van der Waals surface area contributed by atoms with Gasteiger partial charge in [0.1, 0.15) is 17.8 Å². The average Bonchev–Trinajstić information content (AvgIpc) is 3.55. The van der Waals surface area contributed by atoms with E-state index in [-0.39, 0.29) is 5.69 Å². The third-order valence-corrected chi connectivity index (χ3v) is 7.44. The van der Waals surface area contributed by atoms with Crippen molar-refractivity contribution in [3.63, 3.8) is 0 Å². The molecular formula is C30H26FN9O. The van der Waals surface area contributed by atoms with E-state index in [9.17, 15) is 9.65 Å². The molecule has 4 aromatic heterocycles. The van der Waals surface area contributed by atoms with Gasteiger partial charge in [-0.25, -0.2) is 19.0 Å². The number of hydrogen-bond acceptors (Lipinski definition) is 8. The fourth-order valence-corrected chi connectivity index (χ4v) is 4.93. The predicted molar refractivity (Wildman–Crippen MR) is 148 cm³/mol. The van der Waals surface area contributed by atoms with E-state index < -0.39 is 5.82 Å². The molecule has 2 aliphatic rings. The fraction of sp³-hybridized carbons (Fsp3) is 0.267. The molecule has 0 radical (unpaired) electrons. The number of aromatic nitrogens is 7. The van der Waals surface area contributed by atoms with E-state index in [2.05, 4.69) is 37.7 Å². The minimum atomic E-state index is -0.411. The van der Waals surface area contributed by atoms with Gasteiger partial charge in [-0.15, -0.1) is 10.2 Å². The number of ether oxygens (including phenoxy) is 1. The zero-order chi connectivity index (χ0) is 27.9. The van der Waals surface area contributed by atoms with Crippen molar-refractivity contribution in [3.8, 4) is 45.7 Å². The molecule has 2 fully saturated rings. The first-order chi connectivity index (χ1) is 20.1. The molecule has 1 aliphatic heterocycles. The second-order valence-corrected chi connectivity index (χ2v) is 10.5. The van der Waals surface area contributed by atoms with Crippen LogP contribution in [0.1, 0.15) is 35.7 Å². The quantitative estimate of drug-likeness (QED) is 0.308. The predicted octanol–water partition coefficient (Wildman–Crippen LogP) is 4.17. The molecule has 1 saturated carbocycles. The molecule has 1 aliphatic carbocycles. The van der Waals surface area contributed by atoms with Crippen LogP contribution in [0.3, 0.4) is 0 Å². The highest BCUT2D eigenvalue weighted by atomic mass is 19.1. The summed E-state index contributed by atoms with van der Waals surface area (Å²) in [6, 6.07) is 15.3. The first-order valence-electron chi connectivity index (χ1n) is 13.5. The number of rotatable bonds is 8. The summed E-state index contributed by atoms with van der Waals surface area (Å²) < 4.78 is 23.6. The standard InChI is InChI=1S/C30H26FN9O/c1-39-17-34-38-30(39)25-8-18(11-32)2-6-24(25)20-9-27(19-3-4-19)37-28(10-20)40-14-21(12-35-40)29-26(31)7-5-22(36-29)13-33-23-15-41-16-23/h2,5-10,12,14,17,19,23,33H,3-4,13,15-16H2,1H3. The van der Waals surface area contributed by atoms with Gasteiger partial charge >= 0.3 is 0 Å². The van der Waals surface area contributed by atoms with Gasteiger partial charge in [0, 0.05) is 42.5 Å². The van der Waals surface area contributed by atoms with Gasteiger partial charge in [0.05, 0.1) is 42.8 Å². The third kappa shape index (κ3) is 4.99. The summed E-state index contributed by atoms with van der Waals surface area (Å²) in [7, 11) is 1.87. The molecule has 0 unspecified atom stereocenters. The van der Waals surface area contributed by atoms with Crippen LogP contribution >= 0.6 is 0 Å². The minimum absolute atomic E-state index is 0.246. The van der Waals surface area contributed by atoms with Crippen molar-refractivity contribution in [1.82, 2.24) is 39.8 Å². The monoisotopic (exact) mass is 547 g/mol. The summed E-state index contributed by atoms with van der Waals surface area (Å²) in [5, 5.41) is 25.8. The molecule has 1 aromatic carbocycles. The van der Waals surface area contributed by atoms with Crippen LogP contribution in [0.5, 0.6) is 0 Å². The van der Waals surface area contributed by atoms with Crippen LogP contribution in [-0.4, -0.2) is 53.8 Å². The zero-order valence-electron chi connectivity index (χ0n) is 22.3. The number of aryl methyl sites for hydroxylation is 1. The zero-order valence-corrected chi connectivity index (χ0v) is 22.3. The summed E-state index contributed by atoms with van der Waals surface area (Å²) in [5.74, 6) is 1.24. The Hall–Kier alpha value is -4.79. The lowest BCUT2D eigenvalue weighted by molar-refractivity contribution is -0.00590. The van der Waals surface area contributed by atoms with Crippen molar-refractivity contribution in [1.29, 1.82) is 5.26 Å². The first-order valence-corrected chi connectivity index (χ1v) is 13.5. The number of benzene rings is 1. The minimum Gasteiger partial charge on any atom is -0.378 e. The number of pyridine rings is 2. The SMILES string of the molecule is Cn1cnnc1-c1cc(C#N)ccc1-c1cc(C2CC2)nc(-n2cc(-c3nc(CNC4COC4)ccc3F)cn2)c1. The third-order valence-electron chi connectivity index (χ3n) is 7.44. The molecule has 0 amide bonds. The van der Waals surface area contributed by atoms with Crippen molar-refractivity contribution >= 4 is 0 Å². The highest BCUT2D eigenvalue weighted by molar-refractivity contribution is 5.82. The highest BCUT2D eigenvalue weighted by Gasteiger charge is 2.27. The molecule has 204 valence electrons. The van der Waals surface area contributed by atoms with Gasteiger partial charge in [-0.2, -0.15) is 10.4 Å². The normalized spacial score (nSPS) is 15.0. The van der Waals surface area contributed by atoms with E-state index in [4.69, 9.17) is 9.72 Å². The van der Waals surface area contributed by atoms with Crippen molar-refractivity contribution < 1.29 is 9.13 Å². The van der Waals surface area contributed by atoms with Crippen LogP contribution in [0.2, 0.25) is 0 Å². The first kappa shape index (κ1) is 25.2. The van der Waals surface area contributed by atoms with E-state index in [0.717, 1.165) is 40.9 Å². The summed E-state index contributed by atoms with van der Waals surface area (Å²) in [6.45, 7) is 1.89. The second-order valence-electron chi connectivity index (χ2n) is 10.5. The molecule has 10 nitrogen and oxygen atoms in total. The van der Waals surface area contributed by atoms with E-state index in [1.807, 2.05) is 29.8 Å². The van der Waals surface area contributed by atoms with Crippen LogP contribution in [0.15, 0.2) is 61.2 Å². The van der Waals surface area contributed by atoms with E-state index >= 15 is 0 Å². The van der Waals surface area contributed by atoms with E-state index in [0.29, 0.717) is 54.5 Å². The summed E-state index contributed by atoms with van der Waals surface area (Å²) in [6.07, 6.45) is 7.16. The number of nitrogens with one attached hydrogen (secondary N) is 1. The Bertz CT molecular complexity index is 1800. The largest absolute Gasteiger partial charge is 0.378 e. The van der Waals surface area contributed by atoms with Gasteiger partial charge in [-0.1, -0.05) is 6.07 Å². The van der Waals surface area contributed by atoms with Crippen LogP contribution in [0.25, 0.3) is 39.6 Å².